The van der Waals surface area contributed by atoms with Crippen molar-refractivity contribution in [3.8, 4) is 33.9 Å². The Balaban J connectivity index is 0.991. The second-order valence-corrected chi connectivity index (χ2v) is 11.4. The predicted molar refractivity (Wildman–Crippen MR) is 192 cm³/mol. The molecule has 5 aromatic carbocycles. The van der Waals surface area contributed by atoms with Crippen molar-refractivity contribution in [3.05, 3.63) is 179 Å². The van der Waals surface area contributed by atoms with E-state index >= 15 is 0 Å². The molecule has 46 heavy (non-hydrogen) atoms. The van der Waals surface area contributed by atoms with Crippen LogP contribution in [0.4, 0.5) is 0 Å². The number of hydrogen-bond acceptors (Lipinski definition) is 2. The van der Waals surface area contributed by atoms with E-state index in [0.29, 0.717) is 0 Å². The van der Waals surface area contributed by atoms with Gasteiger partial charge >= 0.3 is 0 Å². The highest BCUT2D eigenvalue weighted by Crippen LogP contribution is 2.24. The van der Waals surface area contributed by atoms with Gasteiger partial charge in [0.25, 0.3) is 0 Å². The van der Waals surface area contributed by atoms with Gasteiger partial charge in [-0.25, -0.2) is 9.36 Å². The van der Waals surface area contributed by atoms with Crippen molar-refractivity contribution in [2.24, 2.45) is 0 Å². The molecule has 0 radical (unpaired) electrons. The average molecular weight is 595 g/mol. The molecule has 0 bridgehead atoms. The van der Waals surface area contributed by atoms with Gasteiger partial charge in [-0.1, -0.05) is 115 Å². The first kappa shape index (κ1) is 28.8. The van der Waals surface area contributed by atoms with Crippen LogP contribution in [-0.2, 0) is 0 Å². The van der Waals surface area contributed by atoms with Gasteiger partial charge in [0.05, 0.1) is 22.8 Å². The Hall–Kier alpha value is -6.00. The summed E-state index contributed by atoms with van der Waals surface area (Å²) in [5.74, 6) is 0. The highest BCUT2D eigenvalue weighted by Gasteiger charge is 2.07. The van der Waals surface area contributed by atoms with E-state index in [0.717, 1.165) is 56.1 Å². The van der Waals surface area contributed by atoms with Crippen molar-refractivity contribution in [2.45, 2.75) is 13.8 Å². The second-order valence-electron chi connectivity index (χ2n) is 11.4. The fourth-order valence-electron chi connectivity index (χ4n) is 5.57. The maximum absolute atomic E-state index is 4.80. The van der Waals surface area contributed by atoms with E-state index in [1.165, 1.54) is 11.1 Å². The Morgan fingerprint density at radius 2 is 0.826 bits per heavy atom. The summed E-state index contributed by atoms with van der Waals surface area (Å²) in [5, 5.41) is 9.61. The summed E-state index contributed by atoms with van der Waals surface area (Å²) in [6, 6.07) is 46.3. The lowest BCUT2D eigenvalue weighted by Gasteiger charge is -2.04. The second kappa shape index (κ2) is 12.9. The zero-order valence-electron chi connectivity index (χ0n) is 26.0. The molecule has 4 heteroatoms. The number of nitrogens with zero attached hydrogens (tertiary/aromatic N) is 4. The Morgan fingerprint density at radius 1 is 0.413 bits per heavy atom. The highest BCUT2D eigenvalue weighted by molar-refractivity contribution is 5.75. The first-order chi connectivity index (χ1) is 22.6. The monoisotopic (exact) mass is 594 g/mol. The minimum absolute atomic E-state index is 0.981. The zero-order valence-corrected chi connectivity index (χ0v) is 26.0. The fraction of sp³-hybridized carbons (Fsp3) is 0.0476. The van der Waals surface area contributed by atoms with E-state index in [4.69, 9.17) is 10.2 Å². The lowest BCUT2D eigenvalue weighted by molar-refractivity contribution is 0.884. The van der Waals surface area contributed by atoms with Crippen LogP contribution in [0.1, 0.15) is 33.4 Å². The van der Waals surface area contributed by atoms with Crippen LogP contribution in [0.3, 0.4) is 0 Å². The molecule has 0 amide bonds. The number of hydrogen-bond donors (Lipinski definition) is 0. The van der Waals surface area contributed by atoms with Crippen molar-refractivity contribution in [1.82, 2.24) is 19.6 Å². The summed E-state index contributed by atoms with van der Waals surface area (Å²) in [6.07, 6.45) is 12.6. The third-order valence-corrected chi connectivity index (χ3v) is 8.18. The molecule has 0 N–H and O–H groups in total. The topological polar surface area (TPSA) is 35.6 Å². The molecule has 7 aromatic rings. The zero-order chi connectivity index (χ0) is 31.3. The molecule has 0 aliphatic rings. The SMILES string of the molecule is Cc1ccccc1-c1ccn(-c2ccc(/C=C/c3cccc(/C=C/c4ccc(-n5ccc(-c6ccccc6C)n5)cc4)c3)cc2)n1. The standard InChI is InChI=1S/C42H34N4/c1-31-8-3-5-12-39(31)41-26-28-45(43-41)37-22-18-33(19-23-37)14-16-35-10-7-11-36(30-35)17-15-34-20-24-38(25-21-34)46-29-27-42(44-46)40-13-6-4-9-32(40)2/h3-30H,1-2H3/b16-14+,17-15+. The average Bonchev–Trinajstić information content (AvgIpc) is 3.79. The van der Waals surface area contributed by atoms with Gasteiger partial charge < -0.3 is 0 Å². The maximum Gasteiger partial charge on any atom is 0.0930 e. The molecule has 7 rings (SSSR count). The molecule has 0 aliphatic carbocycles. The van der Waals surface area contributed by atoms with Gasteiger partial charge in [-0.2, -0.15) is 10.2 Å². The van der Waals surface area contributed by atoms with Crippen molar-refractivity contribution in [3.63, 3.8) is 0 Å². The van der Waals surface area contributed by atoms with Crippen molar-refractivity contribution >= 4 is 24.3 Å². The van der Waals surface area contributed by atoms with Crippen LogP contribution in [0.25, 0.3) is 58.2 Å². The number of rotatable bonds is 8. The van der Waals surface area contributed by atoms with Gasteiger partial charge in [-0.3, -0.25) is 0 Å². The molecule has 0 atom stereocenters. The van der Waals surface area contributed by atoms with Gasteiger partial charge in [0.1, 0.15) is 0 Å². The van der Waals surface area contributed by atoms with Gasteiger partial charge in [-0.05, 0) is 89.7 Å². The van der Waals surface area contributed by atoms with Crippen LogP contribution in [0.15, 0.2) is 146 Å². The number of benzene rings is 5. The highest BCUT2D eigenvalue weighted by atomic mass is 15.3. The lowest BCUT2D eigenvalue weighted by atomic mass is 10.1. The minimum Gasteiger partial charge on any atom is -0.240 e. The largest absolute Gasteiger partial charge is 0.240 e. The normalized spacial score (nSPS) is 11.5. The van der Waals surface area contributed by atoms with Crippen molar-refractivity contribution in [1.29, 1.82) is 0 Å². The van der Waals surface area contributed by atoms with Crippen LogP contribution >= 0.6 is 0 Å². The molecular weight excluding hydrogens is 560 g/mol. The first-order valence-electron chi connectivity index (χ1n) is 15.5. The minimum atomic E-state index is 0.981. The molecule has 0 saturated heterocycles. The van der Waals surface area contributed by atoms with Gasteiger partial charge in [-0.15, -0.1) is 0 Å². The molecule has 0 spiro atoms. The lowest BCUT2D eigenvalue weighted by Crippen LogP contribution is -1.95. The Labute approximate surface area is 270 Å². The van der Waals surface area contributed by atoms with Crippen LogP contribution in [-0.4, -0.2) is 19.6 Å². The van der Waals surface area contributed by atoms with E-state index in [1.807, 2.05) is 21.8 Å². The quantitative estimate of drug-likeness (QED) is 0.164. The Kier molecular flexibility index (Phi) is 8.08. The Morgan fingerprint density at radius 3 is 1.26 bits per heavy atom. The smallest absolute Gasteiger partial charge is 0.0930 e. The van der Waals surface area contributed by atoms with Crippen LogP contribution in [0.2, 0.25) is 0 Å². The van der Waals surface area contributed by atoms with E-state index in [2.05, 4.69) is 172 Å². The molecule has 0 aliphatic heterocycles. The van der Waals surface area contributed by atoms with Crippen molar-refractivity contribution < 1.29 is 0 Å². The van der Waals surface area contributed by atoms with E-state index in [1.54, 1.807) is 0 Å². The summed E-state index contributed by atoms with van der Waals surface area (Å²) in [7, 11) is 0. The maximum atomic E-state index is 4.80. The summed E-state index contributed by atoms with van der Waals surface area (Å²) >= 11 is 0. The summed E-state index contributed by atoms with van der Waals surface area (Å²) in [5.41, 5.74) is 13.4. The summed E-state index contributed by atoms with van der Waals surface area (Å²) in [4.78, 5) is 0. The van der Waals surface area contributed by atoms with Gasteiger partial charge in [0, 0.05) is 23.5 Å². The number of aryl methyl sites for hydroxylation is 2. The Bertz CT molecular complexity index is 2010. The molecule has 0 fully saturated rings. The molecule has 2 aromatic heterocycles. The molecule has 0 saturated carbocycles. The van der Waals surface area contributed by atoms with Crippen molar-refractivity contribution in [2.75, 3.05) is 0 Å². The van der Waals surface area contributed by atoms with Crippen LogP contribution < -0.4 is 0 Å². The van der Waals surface area contributed by atoms with Crippen LogP contribution in [0, 0.1) is 13.8 Å². The van der Waals surface area contributed by atoms with E-state index < -0.39 is 0 Å². The molecule has 222 valence electrons. The molecule has 2 heterocycles. The van der Waals surface area contributed by atoms with E-state index in [9.17, 15) is 0 Å². The fourth-order valence-corrected chi connectivity index (χ4v) is 5.57. The van der Waals surface area contributed by atoms with Gasteiger partial charge in [0.15, 0.2) is 0 Å². The third kappa shape index (κ3) is 6.42. The first-order valence-corrected chi connectivity index (χ1v) is 15.5. The molecular formula is C42H34N4. The van der Waals surface area contributed by atoms with E-state index in [-0.39, 0.29) is 0 Å². The molecule has 0 unspecified atom stereocenters. The molecule has 4 nitrogen and oxygen atoms in total. The number of aromatic nitrogens is 4. The third-order valence-electron chi connectivity index (χ3n) is 8.18. The summed E-state index contributed by atoms with van der Waals surface area (Å²) in [6.45, 7) is 4.23. The van der Waals surface area contributed by atoms with Gasteiger partial charge in [0.2, 0.25) is 0 Å². The van der Waals surface area contributed by atoms with Crippen LogP contribution in [0.5, 0.6) is 0 Å². The summed E-state index contributed by atoms with van der Waals surface area (Å²) < 4.78 is 3.86. The predicted octanol–water partition coefficient (Wildman–Crippen LogP) is 10.3.